The Kier molecular flexibility index (Phi) is 7.77. The van der Waals surface area contributed by atoms with E-state index in [1.807, 2.05) is 7.05 Å². The molecule has 0 amide bonds. The van der Waals surface area contributed by atoms with E-state index >= 15 is 0 Å². The quantitative estimate of drug-likeness (QED) is 0.606. The minimum atomic E-state index is 0.323. The molecule has 2 N–H and O–H groups in total. The van der Waals surface area contributed by atoms with Gasteiger partial charge < -0.3 is 15.4 Å². The highest BCUT2D eigenvalue weighted by molar-refractivity contribution is 5.79. The van der Waals surface area contributed by atoms with Gasteiger partial charge in [-0.15, -0.1) is 0 Å². The second kappa shape index (κ2) is 10.5. The molecule has 0 radical (unpaired) electrons. The molecule has 144 valence electrons. The lowest BCUT2D eigenvalue weighted by molar-refractivity contribution is 0.114. The number of benzene rings is 1. The average molecular weight is 359 g/mol. The predicted octanol–water partition coefficient (Wildman–Crippen LogP) is 2.91. The lowest BCUT2D eigenvalue weighted by Crippen LogP contribution is -2.40. The maximum absolute atomic E-state index is 5.67. The highest BCUT2D eigenvalue weighted by atomic mass is 16.5. The standard InChI is InChI=1S/C21H34N4O/c1-22-21(24-16-20-11-8-14-26-20)23-15-18-9-4-5-10-19(18)17-25-12-6-2-3-7-13-25/h4-5,9-10,20H,2-3,6-8,11-17H2,1H3,(H2,22,23,24). The largest absolute Gasteiger partial charge is 0.376 e. The van der Waals surface area contributed by atoms with E-state index in [1.54, 1.807) is 0 Å². The molecule has 5 nitrogen and oxygen atoms in total. The van der Waals surface area contributed by atoms with Gasteiger partial charge in [-0.2, -0.15) is 0 Å². The summed E-state index contributed by atoms with van der Waals surface area (Å²) in [6.45, 7) is 6.03. The van der Waals surface area contributed by atoms with E-state index in [0.717, 1.165) is 38.6 Å². The molecule has 2 saturated heterocycles. The summed E-state index contributed by atoms with van der Waals surface area (Å²) in [5, 5.41) is 6.86. The van der Waals surface area contributed by atoms with Crippen LogP contribution >= 0.6 is 0 Å². The number of nitrogens with one attached hydrogen (secondary N) is 2. The van der Waals surface area contributed by atoms with Gasteiger partial charge in [0.1, 0.15) is 0 Å². The predicted molar refractivity (Wildman–Crippen MR) is 107 cm³/mol. The summed E-state index contributed by atoms with van der Waals surface area (Å²) in [6.07, 6.45) is 8.06. The van der Waals surface area contributed by atoms with Gasteiger partial charge in [0.05, 0.1) is 6.10 Å². The number of hydrogen-bond donors (Lipinski definition) is 2. The summed E-state index contributed by atoms with van der Waals surface area (Å²) in [4.78, 5) is 6.96. The Hall–Kier alpha value is -1.59. The first kappa shape index (κ1) is 19.2. The molecule has 0 saturated carbocycles. The van der Waals surface area contributed by atoms with Crippen LogP contribution in [0.15, 0.2) is 29.3 Å². The third-order valence-corrected chi connectivity index (χ3v) is 5.40. The van der Waals surface area contributed by atoms with Gasteiger partial charge in [0.15, 0.2) is 5.96 Å². The number of aliphatic imine (C=N–C) groups is 1. The Balaban J connectivity index is 1.51. The van der Waals surface area contributed by atoms with Crippen molar-refractivity contribution in [3.05, 3.63) is 35.4 Å². The molecule has 1 atom stereocenters. The highest BCUT2D eigenvalue weighted by Crippen LogP contribution is 2.16. The maximum Gasteiger partial charge on any atom is 0.191 e. The van der Waals surface area contributed by atoms with Gasteiger partial charge in [0.25, 0.3) is 0 Å². The van der Waals surface area contributed by atoms with Crippen LogP contribution < -0.4 is 10.6 Å². The zero-order chi connectivity index (χ0) is 18.0. The van der Waals surface area contributed by atoms with Crippen LogP contribution in [0.2, 0.25) is 0 Å². The second-order valence-electron chi connectivity index (χ2n) is 7.40. The lowest BCUT2D eigenvalue weighted by Gasteiger charge is -2.22. The molecule has 1 aromatic carbocycles. The summed E-state index contributed by atoms with van der Waals surface area (Å²) >= 11 is 0. The Morgan fingerprint density at radius 1 is 1.08 bits per heavy atom. The molecule has 0 bridgehead atoms. The van der Waals surface area contributed by atoms with Crippen molar-refractivity contribution in [1.82, 2.24) is 15.5 Å². The highest BCUT2D eigenvalue weighted by Gasteiger charge is 2.16. The Morgan fingerprint density at radius 3 is 2.54 bits per heavy atom. The number of ether oxygens (including phenoxy) is 1. The van der Waals surface area contributed by atoms with Crippen LogP contribution in [0.3, 0.4) is 0 Å². The van der Waals surface area contributed by atoms with E-state index in [-0.39, 0.29) is 0 Å². The Bertz CT molecular complexity index is 561. The number of likely N-dealkylation sites (tertiary alicyclic amines) is 1. The molecular formula is C21H34N4O. The molecule has 3 rings (SSSR count). The van der Waals surface area contributed by atoms with Crippen molar-refractivity contribution in [3.8, 4) is 0 Å². The molecule has 0 aromatic heterocycles. The maximum atomic E-state index is 5.67. The normalized spacial score (nSPS) is 22.2. The fourth-order valence-electron chi connectivity index (χ4n) is 3.83. The summed E-state index contributed by atoms with van der Waals surface area (Å²) in [7, 11) is 1.83. The second-order valence-corrected chi connectivity index (χ2v) is 7.40. The summed E-state index contributed by atoms with van der Waals surface area (Å²) in [5.41, 5.74) is 2.79. The molecule has 26 heavy (non-hydrogen) atoms. The van der Waals surface area contributed by atoms with Gasteiger partial charge >= 0.3 is 0 Å². The number of nitrogens with zero attached hydrogens (tertiary/aromatic N) is 2. The van der Waals surface area contributed by atoms with Crippen LogP contribution in [0.1, 0.15) is 49.7 Å². The van der Waals surface area contributed by atoms with E-state index in [9.17, 15) is 0 Å². The van der Waals surface area contributed by atoms with Crippen LogP contribution in [-0.2, 0) is 17.8 Å². The topological polar surface area (TPSA) is 48.9 Å². The zero-order valence-electron chi connectivity index (χ0n) is 16.2. The van der Waals surface area contributed by atoms with Crippen molar-refractivity contribution in [3.63, 3.8) is 0 Å². The number of rotatable bonds is 6. The molecule has 1 unspecified atom stereocenters. The van der Waals surface area contributed by atoms with Gasteiger partial charge in [-0.25, -0.2) is 0 Å². The van der Waals surface area contributed by atoms with Gasteiger partial charge in [-0.1, -0.05) is 37.1 Å². The summed E-state index contributed by atoms with van der Waals surface area (Å²) in [5.74, 6) is 0.852. The van der Waals surface area contributed by atoms with E-state index in [0.29, 0.717) is 6.10 Å². The van der Waals surface area contributed by atoms with Crippen molar-refractivity contribution in [2.24, 2.45) is 4.99 Å². The third-order valence-electron chi connectivity index (χ3n) is 5.40. The fourth-order valence-corrected chi connectivity index (χ4v) is 3.83. The first-order valence-electron chi connectivity index (χ1n) is 10.2. The zero-order valence-corrected chi connectivity index (χ0v) is 16.2. The van der Waals surface area contributed by atoms with Crippen LogP contribution in [0.5, 0.6) is 0 Å². The molecule has 2 fully saturated rings. The van der Waals surface area contributed by atoms with Gasteiger partial charge in [-0.05, 0) is 49.9 Å². The molecular weight excluding hydrogens is 324 g/mol. The van der Waals surface area contributed by atoms with E-state index < -0.39 is 0 Å². The van der Waals surface area contributed by atoms with E-state index in [4.69, 9.17) is 4.74 Å². The fraction of sp³-hybridized carbons (Fsp3) is 0.667. The smallest absolute Gasteiger partial charge is 0.191 e. The van der Waals surface area contributed by atoms with Crippen molar-refractivity contribution in [2.45, 2.75) is 57.7 Å². The van der Waals surface area contributed by atoms with Gasteiger partial charge in [-0.3, -0.25) is 9.89 Å². The molecule has 0 spiro atoms. The monoisotopic (exact) mass is 358 g/mol. The molecule has 2 heterocycles. The molecule has 0 aliphatic carbocycles. The molecule has 1 aromatic rings. The van der Waals surface area contributed by atoms with Gasteiger partial charge in [0, 0.05) is 33.3 Å². The third kappa shape index (κ3) is 5.99. The van der Waals surface area contributed by atoms with Gasteiger partial charge in [0.2, 0.25) is 0 Å². The summed E-state index contributed by atoms with van der Waals surface area (Å²) < 4.78 is 5.67. The lowest BCUT2D eigenvalue weighted by atomic mass is 10.1. The van der Waals surface area contributed by atoms with Crippen molar-refractivity contribution < 1.29 is 4.74 Å². The average Bonchev–Trinajstić information content (AvgIpc) is 3.06. The van der Waals surface area contributed by atoms with Crippen molar-refractivity contribution in [1.29, 1.82) is 0 Å². The number of guanidine groups is 1. The molecule has 2 aliphatic heterocycles. The first-order valence-corrected chi connectivity index (χ1v) is 10.2. The molecule has 5 heteroatoms. The summed E-state index contributed by atoms with van der Waals surface area (Å²) in [6, 6.07) is 8.78. The minimum absolute atomic E-state index is 0.323. The van der Waals surface area contributed by atoms with Crippen LogP contribution in [0, 0.1) is 0 Å². The van der Waals surface area contributed by atoms with Crippen molar-refractivity contribution >= 4 is 5.96 Å². The van der Waals surface area contributed by atoms with E-state index in [1.165, 1.54) is 56.3 Å². The first-order chi connectivity index (χ1) is 12.8. The Labute approximate surface area is 158 Å². The minimum Gasteiger partial charge on any atom is -0.376 e. The van der Waals surface area contributed by atoms with Crippen LogP contribution in [-0.4, -0.2) is 50.3 Å². The number of hydrogen-bond acceptors (Lipinski definition) is 3. The SMILES string of the molecule is CN=C(NCc1ccccc1CN1CCCCCC1)NCC1CCCO1. The van der Waals surface area contributed by atoms with E-state index in [2.05, 4.69) is 44.8 Å². The Morgan fingerprint density at radius 2 is 1.85 bits per heavy atom. The molecule has 2 aliphatic rings. The van der Waals surface area contributed by atoms with Crippen LogP contribution in [0.25, 0.3) is 0 Å². The van der Waals surface area contributed by atoms with Crippen LogP contribution in [0.4, 0.5) is 0 Å². The van der Waals surface area contributed by atoms with Crippen molar-refractivity contribution in [2.75, 3.05) is 33.3 Å².